The molecule has 1 fully saturated rings. The second-order valence-corrected chi connectivity index (χ2v) is 5.63. The number of methoxy groups -OCH3 is 1. The van der Waals surface area contributed by atoms with Crippen LogP contribution in [0.15, 0.2) is 24.3 Å². The molecule has 0 atom stereocenters. The number of ether oxygens (including phenoxy) is 1. The van der Waals surface area contributed by atoms with Crippen molar-refractivity contribution in [3.8, 4) is 5.75 Å². The van der Waals surface area contributed by atoms with E-state index in [2.05, 4.69) is 12.1 Å². The van der Waals surface area contributed by atoms with Gasteiger partial charge in [-0.1, -0.05) is 25.0 Å². The average molecular weight is 262 g/mol. The van der Waals surface area contributed by atoms with E-state index in [1.807, 2.05) is 12.1 Å². The Hall–Kier alpha value is -1.51. The van der Waals surface area contributed by atoms with E-state index in [0.717, 1.165) is 31.4 Å². The fourth-order valence-corrected chi connectivity index (χ4v) is 3.16. The van der Waals surface area contributed by atoms with Gasteiger partial charge in [-0.3, -0.25) is 4.79 Å². The van der Waals surface area contributed by atoms with Gasteiger partial charge < -0.3 is 9.84 Å². The fraction of sp³-hybridized carbons (Fsp3) is 0.562. The molecule has 0 spiro atoms. The van der Waals surface area contributed by atoms with E-state index in [9.17, 15) is 4.79 Å². The van der Waals surface area contributed by atoms with Crippen LogP contribution in [0, 0.1) is 5.41 Å². The van der Waals surface area contributed by atoms with Gasteiger partial charge in [0.1, 0.15) is 5.75 Å². The Bertz CT molecular complexity index is 416. The molecule has 0 aromatic heterocycles. The molecule has 0 amide bonds. The number of carboxylic acids is 1. The molecule has 0 bridgehead atoms. The van der Waals surface area contributed by atoms with Crippen molar-refractivity contribution in [3.05, 3.63) is 29.8 Å². The van der Waals surface area contributed by atoms with Crippen LogP contribution in [-0.2, 0) is 11.2 Å². The molecule has 3 heteroatoms. The summed E-state index contributed by atoms with van der Waals surface area (Å²) in [6.07, 6.45) is 6.74. The van der Waals surface area contributed by atoms with E-state index in [0.29, 0.717) is 6.42 Å². The fourth-order valence-electron chi connectivity index (χ4n) is 3.16. The van der Waals surface area contributed by atoms with E-state index in [1.165, 1.54) is 18.4 Å². The van der Waals surface area contributed by atoms with Crippen molar-refractivity contribution in [1.82, 2.24) is 0 Å². The SMILES string of the molecule is COc1ccc(CCC2(CC(=O)O)CCCC2)cc1. The second-order valence-electron chi connectivity index (χ2n) is 5.63. The second kappa shape index (κ2) is 6.09. The summed E-state index contributed by atoms with van der Waals surface area (Å²) in [5.41, 5.74) is 1.30. The summed E-state index contributed by atoms with van der Waals surface area (Å²) in [6.45, 7) is 0. The van der Waals surface area contributed by atoms with Gasteiger partial charge in [0.15, 0.2) is 0 Å². The third kappa shape index (κ3) is 3.72. The van der Waals surface area contributed by atoms with Crippen LogP contribution in [0.5, 0.6) is 5.75 Å². The maximum absolute atomic E-state index is 11.0. The van der Waals surface area contributed by atoms with Crippen molar-refractivity contribution in [2.45, 2.75) is 44.9 Å². The maximum atomic E-state index is 11.0. The Morgan fingerprint density at radius 1 is 1.26 bits per heavy atom. The van der Waals surface area contributed by atoms with E-state index in [-0.39, 0.29) is 5.41 Å². The zero-order valence-electron chi connectivity index (χ0n) is 11.5. The minimum atomic E-state index is -0.656. The van der Waals surface area contributed by atoms with Crippen molar-refractivity contribution < 1.29 is 14.6 Å². The topological polar surface area (TPSA) is 46.5 Å². The van der Waals surface area contributed by atoms with Gasteiger partial charge >= 0.3 is 5.97 Å². The van der Waals surface area contributed by atoms with Crippen LogP contribution in [0.3, 0.4) is 0 Å². The number of carboxylic acid groups (broad SMARTS) is 1. The van der Waals surface area contributed by atoms with Gasteiger partial charge in [-0.15, -0.1) is 0 Å². The normalized spacial score (nSPS) is 17.3. The van der Waals surface area contributed by atoms with Crippen molar-refractivity contribution in [3.63, 3.8) is 0 Å². The molecular weight excluding hydrogens is 240 g/mol. The molecule has 0 radical (unpaired) electrons. The van der Waals surface area contributed by atoms with Gasteiger partial charge in [0.25, 0.3) is 0 Å². The van der Waals surface area contributed by atoms with Crippen molar-refractivity contribution in [1.29, 1.82) is 0 Å². The summed E-state index contributed by atoms with van der Waals surface area (Å²) in [5, 5.41) is 9.09. The number of benzene rings is 1. The summed E-state index contributed by atoms with van der Waals surface area (Å²) in [5.74, 6) is 0.210. The zero-order chi connectivity index (χ0) is 13.7. The van der Waals surface area contributed by atoms with Crippen LogP contribution in [0.2, 0.25) is 0 Å². The lowest BCUT2D eigenvalue weighted by Crippen LogP contribution is -2.21. The van der Waals surface area contributed by atoms with Crippen LogP contribution in [0.1, 0.15) is 44.1 Å². The predicted molar refractivity (Wildman–Crippen MR) is 74.5 cm³/mol. The molecule has 19 heavy (non-hydrogen) atoms. The number of carbonyl (C=O) groups is 1. The lowest BCUT2D eigenvalue weighted by Gasteiger charge is -2.27. The quantitative estimate of drug-likeness (QED) is 0.851. The maximum Gasteiger partial charge on any atom is 0.303 e. The van der Waals surface area contributed by atoms with Crippen LogP contribution < -0.4 is 4.74 Å². The zero-order valence-corrected chi connectivity index (χ0v) is 11.5. The highest BCUT2D eigenvalue weighted by Crippen LogP contribution is 2.44. The molecule has 0 aliphatic heterocycles. The van der Waals surface area contributed by atoms with E-state index < -0.39 is 5.97 Å². The molecule has 1 saturated carbocycles. The van der Waals surface area contributed by atoms with E-state index in [1.54, 1.807) is 7.11 Å². The lowest BCUT2D eigenvalue weighted by atomic mass is 9.77. The van der Waals surface area contributed by atoms with Crippen LogP contribution in [0.25, 0.3) is 0 Å². The highest BCUT2D eigenvalue weighted by molar-refractivity contribution is 5.67. The van der Waals surface area contributed by atoms with Crippen molar-refractivity contribution >= 4 is 5.97 Å². The van der Waals surface area contributed by atoms with Crippen LogP contribution >= 0.6 is 0 Å². The van der Waals surface area contributed by atoms with Crippen molar-refractivity contribution in [2.24, 2.45) is 5.41 Å². The summed E-state index contributed by atoms with van der Waals surface area (Å²) < 4.78 is 5.14. The number of rotatable bonds is 6. The Morgan fingerprint density at radius 2 is 1.89 bits per heavy atom. The first-order chi connectivity index (χ1) is 9.13. The molecule has 104 valence electrons. The summed E-state index contributed by atoms with van der Waals surface area (Å²) in [4.78, 5) is 11.0. The standard InChI is InChI=1S/C16H22O3/c1-19-14-6-4-13(5-7-14)8-11-16(12-15(17)18)9-2-3-10-16/h4-7H,2-3,8-12H2,1H3,(H,17,18). The highest BCUT2D eigenvalue weighted by Gasteiger charge is 2.35. The van der Waals surface area contributed by atoms with Gasteiger partial charge in [-0.25, -0.2) is 0 Å². The highest BCUT2D eigenvalue weighted by atomic mass is 16.5. The third-order valence-electron chi connectivity index (χ3n) is 4.29. The number of aliphatic carboxylic acids is 1. The minimum absolute atomic E-state index is 0.0335. The molecule has 0 heterocycles. The molecule has 3 nitrogen and oxygen atoms in total. The average Bonchev–Trinajstić information content (AvgIpc) is 2.85. The number of hydrogen-bond acceptors (Lipinski definition) is 2. The van der Waals surface area contributed by atoms with Gasteiger partial charge in [0.05, 0.1) is 13.5 Å². The Labute approximate surface area is 114 Å². The first-order valence-corrected chi connectivity index (χ1v) is 6.98. The molecule has 1 aliphatic rings. The molecule has 1 aliphatic carbocycles. The van der Waals surface area contributed by atoms with E-state index in [4.69, 9.17) is 9.84 Å². The van der Waals surface area contributed by atoms with Crippen molar-refractivity contribution in [2.75, 3.05) is 7.11 Å². The summed E-state index contributed by atoms with van der Waals surface area (Å²) in [7, 11) is 1.66. The molecule has 1 N–H and O–H groups in total. The molecule has 2 rings (SSSR count). The Morgan fingerprint density at radius 3 is 2.42 bits per heavy atom. The van der Waals surface area contributed by atoms with Crippen LogP contribution in [-0.4, -0.2) is 18.2 Å². The monoisotopic (exact) mass is 262 g/mol. The first-order valence-electron chi connectivity index (χ1n) is 6.98. The molecule has 1 aromatic rings. The minimum Gasteiger partial charge on any atom is -0.497 e. The van der Waals surface area contributed by atoms with E-state index >= 15 is 0 Å². The largest absolute Gasteiger partial charge is 0.497 e. The van der Waals surface area contributed by atoms with Gasteiger partial charge in [0.2, 0.25) is 0 Å². The number of aryl methyl sites for hydroxylation is 1. The lowest BCUT2D eigenvalue weighted by molar-refractivity contribution is -0.139. The van der Waals surface area contributed by atoms with Gasteiger partial charge in [-0.2, -0.15) is 0 Å². The molecule has 0 unspecified atom stereocenters. The van der Waals surface area contributed by atoms with Gasteiger partial charge in [0, 0.05) is 0 Å². The molecule has 1 aromatic carbocycles. The van der Waals surface area contributed by atoms with Crippen LogP contribution in [0.4, 0.5) is 0 Å². The molecular formula is C16H22O3. The Kier molecular flexibility index (Phi) is 4.46. The molecule has 0 saturated heterocycles. The summed E-state index contributed by atoms with van der Waals surface area (Å²) >= 11 is 0. The van der Waals surface area contributed by atoms with Gasteiger partial charge in [-0.05, 0) is 48.8 Å². The Balaban J connectivity index is 1.96. The predicted octanol–water partition coefficient (Wildman–Crippen LogP) is 3.66. The smallest absolute Gasteiger partial charge is 0.303 e. The summed E-state index contributed by atoms with van der Waals surface area (Å²) in [6, 6.07) is 8.08. The number of hydrogen-bond donors (Lipinski definition) is 1. The first kappa shape index (κ1) is 13.9. The third-order valence-corrected chi connectivity index (χ3v) is 4.29.